The molecule has 0 aromatic heterocycles. The smallest absolute Gasteiger partial charge is 0.0572 e. The summed E-state index contributed by atoms with van der Waals surface area (Å²) in [6, 6.07) is 0. The fourth-order valence-corrected chi connectivity index (χ4v) is 1.02. The largest absolute Gasteiger partial charge is 0.305 e. The lowest BCUT2D eigenvalue weighted by Crippen LogP contribution is -2.14. The van der Waals surface area contributed by atoms with Crippen LogP contribution in [0.5, 0.6) is 0 Å². The lowest BCUT2D eigenvalue weighted by molar-refractivity contribution is 0.0996. The lowest BCUT2D eigenvalue weighted by atomic mass is 10.1. The highest BCUT2D eigenvalue weighted by Crippen LogP contribution is 2.08. The highest BCUT2D eigenvalue weighted by Gasteiger charge is 1.96. The first kappa shape index (κ1) is 12.1. The molecule has 1 unspecified atom stereocenters. The first-order valence-corrected chi connectivity index (χ1v) is 4.14. The molecule has 1 N–H and O–H groups in total. The maximum atomic E-state index is 4.76. The molecule has 0 aliphatic heterocycles. The molecule has 2 nitrogen and oxygen atoms in total. The third-order valence-corrected chi connectivity index (χ3v) is 1.76. The van der Waals surface area contributed by atoms with Gasteiger partial charge >= 0.3 is 0 Å². The van der Waals surface area contributed by atoms with Crippen molar-refractivity contribution in [1.82, 2.24) is 5.48 Å². The fourth-order valence-electron chi connectivity index (χ4n) is 1.02. The van der Waals surface area contributed by atoms with E-state index in [2.05, 4.69) is 42.8 Å². The van der Waals surface area contributed by atoms with Crippen LogP contribution in [0, 0.1) is 5.92 Å². The number of hydroxylamine groups is 1. The van der Waals surface area contributed by atoms with Crippen molar-refractivity contribution in [2.45, 2.75) is 14.4 Å². The summed E-state index contributed by atoms with van der Waals surface area (Å²) in [6.45, 7) is 2.91. The Morgan fingerprint density at radius 1 is 1.46 bits per heavy atom. The van der Waals surface area contributed by atoms with Gasteiger partial charge in [0.2, 0.25) is 0 Å². The second-order valence-corrected chi connectivity index (χ2v) is 2.87. The van der Waals surface area contributed by atoms with Crippen molar-refractivity contribution in [2.24, 2.45) is 5.92 Å². The predicted octanol–water partition coefficient (Wildman–Crippen LogP) is 2.46. The minimum absolute atomic E-state index is 0. The zero-order chi connectivity index (χ0) is 8.81. The highest BCUT2D eigenvalue weighted by atomic mass is 16.6. The molecule has 0 saturated carbocycles. The van der Waals surface area contributed by atoms with Gasteiger partial charge in [0.25, 0.3) is 0 Å². The average molecular weight is 181 g/mol. The molecule has 0 radical (unpaired) electrons. The summed E-state index contributed by atoms with van der Waals surface area (Å²) in [4.78, 5) is 4.76. The van der Waals surface area contributed by atoms with Crippen molar-refractivity contribution in [2.75, 3.05) is 13.7 Å². The number of rotatable bonds is 3. The number of allylic oxidation sites excluding steroid dienone is 4. The minimum Gasteiger partial charge on any atom is -0.305 e. The number of hydrogen-bond acceptors (Lipinski definition) is 2. The molecule has 0 aromatic carbocycles. The summed E-state index contributed by atoms with van der Waals surface area (Å²) >= 11 is 0. The summed E-state index contributed by atoms with van der Waals surface area (Å²) in [5.41, 5.74) is 4.04. The van der Waals surface area contributed by atoms with Gasteiger partial charge in [0.05, 0.1) is 7.11 Å². The van der Waals surface area contributed by atoms with Gasteiger partial charge in [-0.3, -0.25) is 0 Å². The molecule has 13 heavy (non-hydrogen) atoms. The predicted molar refractivity (Wildman–Crippen MR) is 57.3 cm³/mol. The molecule has 1 aliphatic carbocycles. The molecule has 1 atom stereocenters. The van der Waals surface area contributed by atoms with Gasteiger partial charge in [0.15, 0.2) is 0 Å². The Morgan fingerprint density at radius 3 is 2.92 bits per heavy atom. The molecule has 1 aliphatic rings. The van der Waals surface area contributed by atoms with E-state index in [0.29, 0.717) is 5.92 Å². The first-order valence-electron chi connectivity index (χ1n) is 4.14. The van der Waals surface area contributed by atoms with E-state index in [1.807, 2.05) is 0 Å². The summed E-state index contributed by atoms with van der Waals surface area (Å²) in [6.07, 6.45) is 10.6. The molecule has 0 spiro atoms. The van der Waals surface area contributed by atoms with Crippen LogP contribution in [0.1, 0.15) is 14.4 Å². The summed E-state index contributed by atoms with van der Waals surface area (Å²) in [7, 11) is 1.62. The third-order valence-electron chi connectivity index (χ3n) is 1.76. The number of nitrogens with one attached hydrogen (secondary N) is 1. The quantitative estimate of drug-likeness (QED) is 0.675. The molecule has 0 aromatic rings. The molecule has 1 rings (SSSR count). The van der Waals surface area contributed by atoms with Gasteiger partial charge in [0, 0.05) is 6.54 Å². The van der Waals surface area contributed by atoms with Crippen LogP contribution in [0.2, 0.25) is 0 Å². The Labute approximate surface area is 80.9 Å². The van der Waals surface area contributed by atoms with Crippen LogP contribution in [0.3, 0.4) is 0 Å². The molecular weight excluding hydrogens is 162 g/mol. The maximum Gasteiger partial charge on any atom is 0.0572 e. The Hall–Kier alpha value is -0.860. The van der Waals surface area contributed by atoms with E-state index in [9.17, 15) is 0 Å². The second-order valence-electron chi connectivity index (χ2n) is 2.87. The van der Waals surface area contributed by atoms with Crippen LogP contribution in [0.25, 0.3) is 0 Å². The van der Waals surface area contributed by atoms with Crippen LogP contribution in [-0.2, 0) is 4.84 Å². The first-order chi connectivity index (χ1) is 5.83. The SMILES string of the molecule is C.CONCC1=CC=CC(C)C=C1. The maximum absolute atomic E-state index is 4.76. The van der Waals surface area contributed by atoms with E-state index in [1.165, 1.54) is 5.57 Å². The van der Waals surface area contributed by atoms with Crippen LogP contribution < -0.4 is 5.48 Å². The molecule has 74 valence electrons. The topological polar surface area (TPSA) is 21.3 Å². The van der Waals surface area contributed by atoms with E-state index in [0.717, 1.165) is 6.54 Å². The van der Waals surface area contributed by atoms with E-state index in [1.54, 1.807) is 7.11 Å². The van der Waals surface area contributed by atoms with E-state index < -0.39 is 0 Å². The van der Waals surface area contributed by atoms with Crippen LogP contribution in [-0.4, -0.2) is 13.7 Å². The van der Waals surface area contributed by atoms with Crippen molar-refractivity contribution in [3.63, 3.8) is 0 Å². The fraction of sp³-hybridized carbons (Fsp3) is 0.455. The summed E-state index contributed by atoms with van der Waals surface area (Å²) in [5.74, 6) is 0.529. The van der Waals surface area contributed by atoms with Crippen molar-refractivity contribution in [3.05, 3.63) is 36.0 Å². The minimum atomic E-state index is 0. The monoisotopic (exact) mass is 181 g/mol. The average Bonchev–Trinajstić information content (AvgIpc) is 2.27. The van der Waals surface area contributed by atoms with Crippen molar-refractivity contribution >= 4 is 0 Å². The van der Waals surface area contributed by atoms with Crippen molar-refractivity contribution in [3.8, 4) is 0 Å². The van der Waals surface area contributed by atoms with Crippen LogP contribution in [0.4, 0.5) is 0 Å². The molecule has 0 heterocycles. The van der Waals surface area contributed by atoms with Crippen LogP contribution in [0.15, 0.2) is 36.0 Å². The summed E-state index contributed by atoms with van der Waals surface area (Å²) in [5, 5.41) is 0. The van der Waals surface area contributed by atoms with Crippen molar-refractivity contribution < 1.29 is 4.84 Å². The van der Waals surface area contributed by atoms with Gasteiger partial charge in [-0.25, -0.2) is 0 Å². The van der Waals surface area contributed by atoms with E-state index in [4.69, 9.17) is 4.84 Å². The molecule has 0 saturated heterocycles. The Balaban J connectivity index is 0.00000144. The van der Waals surface area contributed by atoms with Gasteiger partial charge in [-0.1, -0.05) is 44.7 Å². The standard InChI is InChI=1S/C10H15NO.CH4/c1-9-4-3-5-10(7-6-9)8-11-12-2;/h3-7,9,11H,8H2,1-2H3;1H4. The Bertz CT molecular complexity index is 216. The molecule has 2 heteroatoms. The van der Waals surface area contributed by atoms with Gasteiger partial charge in [-0.15, -0.1) is 0 Å². The van der Waals surface area contributed by atoms with Gasteiger partial charge in [-0.2, -0.15) is 5.48 Å². The van der Waals surface area contributed by atoms with Gasteiger partial charge < -0.3 is 4.84 Å². The summed E-state index contributed by atoms with van der Waals surface area (Å²) < 4.78 is 0. The normalized spacial score (nSPS) is 20.5. The lowest BCUT2D eigenvalue weighted by Gasteiger charge is -2.00. The third kappa shape index (κ3) is 4.65. The Kier molecular flexibility index (Phi) is 6.20. The van der Waals surface area contributed by atoms with Crippen LogP contribution >= 0.6 is 0 Å². The molecule has 0 amide bonds. The van der Waals surface area contributed by atoms with Gasteiger partial charge in [-0.05, 0) is 11.5 Å². The second kappa shape index (κ2) is 6.63. The Morgan fingerprint density at radius 2 is 2.23 bits per heavy atom. The zero-order valence-electron chi connectivity index (χ0n) is 7.58. The zero-order valence-corrected chi connectivity index (χ0v) is 7.58. The molecular formula is C11H19NO. The van der Waals surface area contributed by atoms with E-state index >= 15 is 0 Å². The van der Waals surface area contributed by atoms with Gasteiger partial charge in [0.1, 0.15) is 0 Å². The highest BCUT2D eigenvalue weighted by molar-refractivity contribution is 5.29. The van der Waals surface area contributed by atoms with Crippen molar-refractivity contribution in [1.29, 1.82) is 0 Å². The van der Waals surface area contributed by atoms with E-state index in [-0.39, 0.29) is 7.43 Å². The molecule has 0 bridgehead atoms. The number of hydrogen-bond donors (Lipinski definition) is 1. The molecule has 0 fully saturated rings.